The summed E-state index contributed by atoms with van der Waals surface area (Å²) in [5.74, 6) is 5.79. The molecule has 0 bridgehead atoms. The van der Waals surface area contributed by atoms with E-state index in [-0.39, 0.29) is 5.91 Å². The van der Waals surface area contributed by atoms with Gasteiger partial charge in [0.25, 0.3) is 5.91 Å². The standard InChI is InChI=1S/C13H23N5O/c1-4-5-11-8-10(9-12(16-11)17-14)13(19)15-6-7-18(2)3/h8-9H,4-7,14H2,1-3H3,(H,15,19)(H,16,17). The lowest BCUT2D eigenvalue weighted by atomic mass is 10.1. The minimum atomic E-state index is -0.0990. The Morgan fingerprint density at radius 2 is 2.16 bits per heavy atom. The van der Waals surface area contributed by atoms with Crippen molar-refractivity contribution in [2.75, 3.05) is 32.6 Å². The Balaban J connectivity index is 2.74. The topological polar surface area (TPSA) is 83.3 Å². The van der Waals surface area contributed by atoms with E-state index in [9.17, 15) is 4.79 Å². The number of aryl methyl sites for hydroxylation is 1. The molecule has 0 aromatic carbocycles. The molecule has 1 amide bonds. The molecule has 19 heavy (non-hydrogen) atoms. The highest BCUT2D eigenvalue weighted by atomic mass is 16.1. The summed E-state index contributed by atoms with van der Waals surface area (Å²) >= 11 is 0. The third-order valence-electron chi connectivity index (χ3n) is 2.64. The number of carbonyl (C=O) groups excluding carboxylic acids is 1. The van der Waals surface area contributed by atoms with Gasteiger partial charge in [-0.3, -0.25) is 4.79 Å². The van der Waals surface area contributed by atoms with Crippen LogP contribution in [0.15, 0.2) is 12.1 Å². The molecule has 1 aromatic rings. The Hall–Kier alpha value is -1.66. The molecular weight excluding hydrogens is 242 g/mol. The summed E-state index contributed by atoms with van der Waals surface area (Å²) in [5, 5.41) is 2.87. The number of likely N-dealkylation sites (N-methyl/N-ethyl adjacent to an activating group) is 1. The van der Waals surface area contributed by atoms with Crippen LogP contribution in [0.5, 0.6) is 0 Å². The van der Waals surface area contributed by atoms with Gasteiger partial charge in [-0.05, 0) is 32.6 Å². The molecule has 0 fully saturated rings. The lowest BCUT2D eigenvalue weighted by Gasteiger charge is -2.11. The Kier molecular flexibility index (Phi) is 6.24. The van der Waals surface area contributed by atoms with E-state index in [2.05, 4.69) is 22.7 Å². The second kappa shape index (κ2) is 7.70. The van der Waals surface area contributed by atoms with E-state index in [0.717, 1.165) is 25.1 Å². The first-order valence-electron chi connectivity index (χ1n) is 6.47. The number of pyridine rings is 1. The maximum absolute atomic E-state index is 12.0. The van der Waals surface area contributed by atoms with Crippen LogP contribution in [-0.2, 0) is 6.42 Å². The highest BCUT2D eigenvalue weighted by Crippen LogP contribution is 2.11. The highest BCUT2D eigenvalue weighted by molar-refractivity contribution is 5.95. The van der Waals surface area contributed by atoms with Gasteiger partial charge in [-0.1, -0.05) is 13.3 Å². The van der Waals surface area contributed by atoms with Crippen LogP contribution in [0.1, 0.15) is 29.4 Å². The maximum atomic E-state index is 12.0. The summed E-state index contributed by atoms with van der Waals surface area (Å²) < 4.78 is 0. The Labute approximate surface area is 114 Å². The summed E-state index contributed by atoms with van der Waals surface area (Å²) in [4.78, 5) is 18.3. The third-order valence-corrected chi connectivity index (χ3v) is 2.64. The highest BCUT2D eigenvalue weighted by Gasteiger charge is 2.09. The molecule has 6 nitrogen and oxygen atoms in total. The summed E-state index contributed by atoms with van der Waals surface area (Å²) in [7, 11) is 3.93. The molecule has 0 saturated carbocycles. The molecule has 0 aliphatic rings. The SMILES string of the molecule is CCCc1cc(C(=O)NCCN(C)C)cc(NN)n1. The Morgan fingerprint density at radius 1 is 1.42 bits per heavy atom. The Morgan fingerprint density at radius 3 is 2.74 bits per heavy atom. The molecule has 0 radical (unpaired) electrons. The van der Waals surface area contributed by atoms with Crippen LogP contribution >= 0.6 is 0 Å². The fourth-order valence-corrected chi connectivity index (χ4v) is 1.67. The number of hydrogen-bond acceptors (Lipinski definition) is 5. The summed E-state index contributed by atoms with van der Waals surface area (Å²) in [6.07, 6.45) is 1.80. The maximum Gasteiger partial charge on any atom is 0.251 e. The van der Waals surface area contributed by atoms with Crippen molar-refractivity contribution in [2.24, 2.45) is 5.84 Å². The lowest BCUT2D eigenvalue weighted by Crippen LogP contribution is -2.31. The predicted octanol–water partition coefficient (Wildman–Crippen LogP) is 0.611. The van der Waals surface area contributed by atoms with Crippen molar-refractivity contribution in [1.29, 1.82) is 0 Å². The molecule has 1 aromatic heterocycles. The van der Waals surface area contributed by atoms with Gasteiger partial charge in [-0.2, -0.15) is 0 Å². The number of nitrogens with one attached hydrogen (secondary N) is 2. The molecule has 0 aliphatic carbocycles. The lowest BCUT2D eigenvalue weighted by molar-refractivity contribution is 0.0951. The van der Waals surface area contributed by atoms with E-state index in [1.54, 1.807) is 6.07 Å². The number of nitrogen functional groups attached to an aromatic ring is 1. The first-order valence-corrected chi connectivity index (χ1v) is 6.47. The van der Waals surface area contributed by atoms with Gasteiger partial charge in [-0.25, -0.2) is 10.8 Å². The predicted molar refractivity (Wildman–Crippen MR) is 76.9 cm³/mol. The van der Waals surface area contributed by atoms with Crippen LogP contribution < -0.4 is 16.6 Å². The number of aromatic nitrogens is 1. The smallest absolute Gasteiger partial charge is 0.251 e. The van der Waals surface area contributed by atoms with Gasteiger partial charge in [-0.15, -0.1) is 0 Å². The van der Waals surface area contributed by atoms with Crippen LogP contribution in [0.25, 0.3) is 0 Å². The van der Waals surface area contributed by atoms with Gasteiger partial charge >= 0.3 is 0 Å². The second-order valence-corrected chi connectivity index (χ2v) is 4.69. The first kappa shape index (κ1) is 15.4. The second-order valence-electron chi connectivity index (χ2n) is 4.69. The van der Waals surface area contributed by atoms with E-state index in [4.69, 9.17) is 5.84 Å². The van der Waals surface area contributed by atoms with Gasteiger partial charge in [0.2, 0.25) is 0 Å². The zero-order valence-electron chi connectivity index (χ0n) is 11.9. The normalized spacial score (nSPS) is 10.6. The molecule has 106 valence electrons. The average Bonchev–Trinajstić information content (AvgIpc) is 2.38. The zero-order valence-corrected chi connectivity index (χ0v) is 11.9. The largest absolute Gasteiger partial charge is 0.351 e. The number of hydrogen-bond donors (Lipinski definition) is 3. The Bertz CT molecular complexity index is 419. The molecule has 0 atom stereocenters. The fourth-order valence-electron chi connectivity index (χ4n) is 1.67. The van der Waals surface area contributed by atoms with Gasteiger partial charge in [0, 0.05) is 24.3 Å². The number of nitrogens with two attached hydrogens (primary N) is 1. The van der Waals surface area contributed by atoms with E-state index >= 15 is 0 Å². The van der Waals surface area contributed by atoms with Gasteiger partial charge in [0.05, 0.1) is 0 Å². The number of nitrogens with zero attached hydrogens (tertiary/aromatic N) is 2. The third kappa shape index (κ3) is 5.23. The minimum Gasteiger partial charge on any atom is -0.351 e. The van der Waals surface area contributed by atoms with Crippen molar-refractivity contribution in [3.63, 3.8) is 0 Å². The summed E-state index contributed by atoms with van der Waals surface area (Å²) in [6.45, 7) is 3.49. The minimum absolute atomic E-state index is 0.0990. The molecule has 0 unspecified atom stereocenters. The molecular formula is C13H23N5O. The van der Waals surface area contributed by atoms with Gasteiger partial charge in [0.1, 0.15) is 5.82 Å². The quantitative estimate of drug-likeness (QED) is 0.497. The average molecular weight is 265 g/mol. The molecule has 6 heteroatoms. The van der Waals surface area contributed by atoms with Crippen LogP contribution in [0.2, 0.25) is 0 Å². The fraction of sp³-hybridized carbons (Fsp3) is 0.538. The number of amides is 1. The zero-order chi connectivity index (χ0) is 14.3. The van der Waals surface area contributed by atoms with Gasteiger partial charge < -0.3 is 15.6 Å². The van der Waals surface area contributed by atoms with Crippen LogP contribution in [0.3, 0.4) is 0 Å². The van der Waals surface area contributed by atoms with Crippen molar-refractivity contribution >= 4 is 11.7 Å². The van der Waals surface area contributed by atoms with Crippen LogP contribution in [0.4, 0.5) is 5.82 Å². The number of rotatable bonds is 7. The molecule has 4 N–H and O–H groups in total. The molecule has 0 aliphatic heterocycles. The van der Waals surface area contributed by atoms with Crippen LogP contribution in [0, 0.1) is 0 Å². The van der Waals surface area contributed by atoms with E-state index in [1.807, 2.05) is 25.1 Å². The van der Waals surface area contributed by atoms with Crippen molar-refractivity contribution in [3.05, 3.63) is 23.4 Å². The van der Waals surface area contributed by atoms with E-state index < -0.39 is 0 Å². The van der Waals surface area contributed by atoms with E-state index in [1.165, 1.54) is 0 Å². The number of hydrazine groups is 1. The monoisotopic (exact) mass is 265 g/mol. The molecule has 1 rings (SSSR count). The van der Waals surface area contributed by atoms with Crippen molar-refractivity contribution in [3.8, 4) is 0 Å². The van der Waals surface area contributed by atoms with Gasteiger partial charge in [0.15, 0.2) is 0 Å². The summed E-state index contributed by atoms with van der Waals surface area (Å²) in [5.41, 5.74) is 3.96. The van der Waals surface area contributed by atoms with Crippen LogP contribution in [-0.4, -0.2) is 43.0 Å². The first-order chi connectivity index (χ1) is 9.06. The number of carbonyl (C=O) groups is 1. The molecule has 0 saturated heterocycles. The molecule has 0 spiro atoms. The van der Waals surface area contributed by atoms with Crippen molar-refractivity contribution < 1.29 is 4.79 Å². The van der Waals surface area contributed by atoms with Crippen molar-refractivity contribution in [1.82, 2.24) is 15.2 Å². The van der Waals surface area contributed by atoms with Crippen molar-refractivity contribution in [2.45, 2.75) is 19.8 Å². The number of anilines is 1. The molecule has 1 heterocycles. The van der Waals surface area contributed by atoms with E-state index in [0.29, 0.717) is 17.9 Å². The summed E-state index contributed by atoms with van der Waals surface area (Å²) in [6, 6.07) is 3.47.